The third-order valence-electron chi connectivity index (χ3n) is 2.72. The van der Waals surface area contributed by atoms with Gasteiger partial charge in [0.05, 0.1) is 7.11 Å². The highest BCUT2D eigenvalue weighted by molar-refractivity contribution is 9.18. The first-order valence-corrected chi connectivity index (χ1v) is 5.83. The quantitative estimate of drug-likeness (QED) is 0.684. The molecule has 88 valence electrons. The van der Waals surface area contributed by atoms with E-state index in [1.807, 2.05) is 13.8 Å². The smallest absolute Gasteiger partial charge is 0.287 e. The lowest BCUT2D eigenvalue weighted by Gasteiger charge is -2.16. The fourth-order valence-corrected chi connectivity index (χ4v) is 1.90. The van der Waals surface area contributed by atoms with Gasteiger partial charge < -0.3 is 10.1 Å². The molecule has 0 aliphatic rings. The van der Waals surface area contributed by atoms with Gasteiger partial charge in [-0.05, 0) is 37.5 Å². The first-order valence-electron chi connectivity index (χ1n) is 5.04. The van der Waals surface area contributed by atoms with Gasteiger partial charge in [-0.15, -0.1) is 0 Å². The van der Waals surface area contributed by atoms with E-state index in [4.69, 9.17) is 4.74 Å². The molecular formula is C12H16BrNO2. The van der Waals surface area contributed by atoms with Crippen molar-refractivity contribution < 1.29 is 9.53 Å². The summed E-state index contributed by atoms with van der Waals surface area (Å²) in [7, 11) is 1.65. The van der Waals surface area contributed by atoms with E-state index in [-0.39, 0.29) is 4.82 Å². The van der Waals surface area contributed by atoms with Crippen molar-refractivity contribution in [3.05, 3.63) is 28.3 Å². The summed E-state index contributed by atoms with van der Waals surface area (Å²) in [6.45, 7) is 6.57. The van der Waals surface area contributed by atoms with Crippen LogP contribution in [0.25, 0.3) is 0 Å². The third kappa shape index (κ3) is 2.76. The highest BCUT2D eigenvalue weighted by atomic mass is 79.9. The Kier molecular flexibility index (Phi) is 4.35. The molecule has 0 spiro atoms. The molecule has 0 atom stereocenters. The van der Waals surface area contributed by atoms with Gasteiger partial charge in [-0.25, -0.2) is 0 Å². The van der Waals surface area contributed by atoms with Gasteiger partial charge >= 0.3 is 0 Å². The van der Waals surface area contributed by atoms with Crippen molar-refractivity contribution in [2.24, 2.45) is 0 Å². The Hall–Kier alpha value is -1.03. The maximum Gasteiger partial charge on any atom is 0.287 e. The largest absolute Gasteiger partial charge is 0.496 e. The Bertz CT molecular complexity index is 416. The number of amides is 1. The van der Waals surface area contributed by atoms with Crippen LogP contribution in [0, 0.1) is 20.8 Å². The van der Waals surface area contributed by atoms with Crippen LogP contribution in [0.4, 0.5) is 4.79 Å². The number of carbonyl (C=O) groups excluding carboxylic acids is 1. The van der Waals surface area contributed by atoms with Crippen LogP contribution in [0.3, 0.4) is 0 Å². The maximum atomic E-state index is 10.8. The molecule has 0 aliphatic heterocycles. The van der Waals surface area contributed by atoms with Gasteiger partial charge in [0.2, 0.25) is 0 Å². The van der Waals surface area contributed by atoms with E-state index < -0.39 is 0 Å². The van der Waals surface area contributed by atoms with E-state index in [1.54, 1.807) is 7.11 Å². The number of aryl methyl sites for hydroxylation is 2. The predicted octanol–water partition coefficient (Wildman–Crippen LogP) is 3.22. The molecule has 1 N–H and O–H groups in total. The van der Waals surface area contributed by atoms with Crippen molar-refractivity contribution in [1.82, 2.24) is 5.32 Å². The van der Waals surface area contributed by atoms with Crippen LogP contribution < -0.4 is 10.1 Å². The van der Waals surface area contributed by atoms with E-state index in [0.717, 1.165) is 22.4 Å². The molecule has 1 rings (SSSR count). The molecule has 0 radical (unpaired) electrons. The van der Waals surface area contributed by atoms with Crippen LogP contribution in [0.5, 0.6) is 5.75 Å². The van der Waals surface area contributed by atoms with E-state index in [0.29, 0.717) is 6.54 Å². The van der Waals surface area contributed by atoms with Crippen molar-refractivity contribution in [2.45, 2.75) is 27.3 Å². The monoisotopic (exact) mass is 285 g/mol. The van der Waals surface area contributed by atoms with Gasteiger partial charge in [0.1, 0.15) is 5.75 Å². The molecule has 0 aliphatic carbocycles. The molecular weight excluding hydrogens is 270 g/mol. The first-order chi connectivity index (χ1) is 7.47. The molecule has 1 aromatic rings. The molecule has 16 heavy (non-hydrogen) atoms. The Balaban J connectivity index is 3.15. The second kappa shape index (κ2) is 5.34. The third-order valence-corrected chi connectivity index (χ3v) is 3.00. The molecule has 0 saturated heterocycles. The zero-order valence-corrected chi connectivity index (χ0v) is 11.6. The number of rotatable bonds is 3. The summed E-state index contributed by atoms with van der Waals surface area (Å²) in [6.07, 6.45) is 0. The molecule has 1 aromatic carbocycles. The van der Waals surface area contributed by atoms with E-state index in [9.17, 15) is 4.79 Å². The van der Waals surface area contributed by atoms with Crippen LogP contribution in [0.1, 0.15) is 22.3 Å². The fourth-order valence-electron chi connectivity index (χ4n) is 1.76. The average molecular weight is 286 g/mol. The fraction of sp³-hybridized carbons (Fsp3) is 0.417. The lowest BCUT2D eigenvalue weighted by atomic mass is 9.99. The Morgan fingerprint density at radius 2 is 2.00 bits per heavy atom. The van der Waals surface area contributed by atoms with Crippen LogP contribution in [-0.4, -0.2) is 11.9 Å². The first kappa shape index (κ1) is 13.0. The zero-order valence-electron chi connectivity index (χ0n) is 9.98. The number of hydrogen-bond acceptors (Lipinski definition) is 2. The highest BCUT2D eigenvalue weighted by Gasteiger charge is 2.12. The second-order valence-electron chi connectivity index (χ2n) is 3.77. The summed E-state index contributed by atoms with van der Waals surface area (Å²) in [4.78, 5) is 10.6. The molecule has 0 aromatic heterocycles. The number of carbonyl (C=O) groups is 1. The number of nitrogens with one attached hydrogen (secondary N) is 1. The normalized spacial score (nSPS) is 10.1. The lowest BCUT2D eigenvalue weighted by molar-refractivity contribution is 0.261. The summed E-state index contributed by atoms with van der Waals surface area (Å²) in [5.74, 6) is 0.860. The predicted molar refractivity (Wildman–Crippen MR) is 68.4 cm³/mol. The van der Waals surface area contributed by atoms with Gasteiger partial charge in [-0.2, -0.15) is 0 Å². The standard InChI is InChI=1S/C12H16BrNO2/c1-7-5-8(2)10(6-14-12(13)15)11(16-4)9(7)3/h5H,6H2,1-4H3,(H,14,15). The molecule has 0 heterocycles. The summed E-state index contributed by atoms with van der Waals surface area (Å²) in [5.41, 5.74) is 4.47. The Morgan fingerprint density at radius 3 is 2.50 bits per heavy atom. The summed E-state index contributed by atoms with van der Waals surface area (Å²) in [5, 5.41) is 2.72. The minimum absolute atomic E-state index is 0.216. The SMILES string of the molecule is COc1c(C)c(C)cc(C)c1CNC(=O)Br. The highest BCUT2D eigenvalue weighted by Crippen LogP contribution is 2.29. The molecule has 0 unspecified atom stereocenters. The molecule has 4 heteroatoms. The van der Waals surface area contributed by atoms with Crippen molar-refractivity contribution in [3.8, 4) is 5.75 Å². The summed E-state index contributed by atoms with van der Waals surface area (Å²) >= 11 is 2.85. The van der Waals surface area contributed by atoms with Gasteiger partial charge in [0.25, 0.3) is 4.82 Å². The molecule has 1 amide bonds. The topological polar surface area (TPSA) is 38.3 Å². The Morgan fingerprint density at radius 1 is 1.38 bits per heavy atom. The lowest BCUT2D eigenvalue weighted by Crippen LogP contribution is -2.17. The number of benzene rings is 1. The van der Waals surface area contributed by atoms with Crippen LogP contribution in [0.15, 0.2) is 6.07 Å². The van der Waals surface area contributed by atoms with Gasteiger partial charge in [-0.1, -0.05) is 6.07 Å². The molecule has 3 nitrogen and oxygen atoms in total. The van der Waals surface area contributed by atoms with Crippen LogP contribution in [0.2, 0.25) is 0 Å². The van der Waals surface area contributed by atoms with Crippen molar-refractivity contribution >= 4 is 20.7 Å². The van der Waals surface area contributed by atoms with E-state index >= 15 is 0 Å². The summed E-state index contributed by atoms with van der Waals surface area (Å²) < 4.78 is 5.40. The van der Waals surface area contributed by atoms with Gasteiger partial charge in [0.15, 0.2) is 0 Å². The van der Waals surface area contributed by atoms with E-state index in [1.165, 1.54) is 5.56 Å². The Labute approximate surface area is 104 Å². The average Bonchev–Trinajstić information content (AvgIpc) is 2.21. The van der Waals surface area contributed by atoms with Crippen LogP contribution in [-0.2, 0) is 6.54 Å². The van der Waals surface area contributed by atoms with Crippen molar-refractivity contribution in [1.29, 1.82) is 0 Å². The van der Waals surface area contributed by atoms with Gasteiger partial charge in [0, 0.05) is 28.0 Å². The minimum atomic E-state index is -0.216. The molecule has 0 saturated carbocycles. The summed E-state index contributed by atoms with van der Waals surface area (Å²) in [6, 6.07) is 2.10. The second-order valence-corrected chi connectivity index (χ2v) is 4.49. The molecule has 0 bridgehead atoms. The van der Waals surface area contributed by atoms with Gasteiger partial charge in [-0.3, -0.25) is 4.79 Å². The maximum absolute atomic E-state index is 10.8. The minimum Gasteiger partial charge on any atom is -0.496 e. The number of hydrogen-bond donors (Lipinski definition) is 1. The number of halogens is 1. The zero-order chi connectivity index (χ0) is 12.3. The molecule has 0 fully saturated rings. The van der Waals surface area contributed by atoms with Crippen molar-refractivity contribution in [3.63, 3.8) is 0 Å². The van der Waals surface area contributed by atoms with E-state index in [2.05, 4.69) is 34.2 Å². The number of methoxy groups -OCH3 is 1. The van der Waals surface area contributed by atoms with Crippen molar-refractivity contribution in [2.75, 3.05) is 7.11 Å². The number of ether oxygens (including phenoxy) is 1. The van der Waals surface area contributed by atoms with Crippen LogP contribution >= 0.6 is 15.9 Å².